The number of carbonyl (C=O) groups is 1. The van der Waals surface area contributed by atoms with E-state index < -0.39 is 0 Å². The number of hydrogen-bond acceptors (Lipinski definition) is 4. The number of aromatic nitrogens is 2. The Labute approximate surface area is 133 Å². The fourth-order valence-electron chi connectivity index (χ4n) is 2.71. The molecule has 0 fully saturated rings. The maximum atomic E-state index is 11.6. The van der Waals surface area contributed by atoms with Crippen LogP contribution in [0.25, 0.3) is 11.3 Å². The van der Waals surface area contributed by atoms with Gasteiger partial charge in [0.25, 0.3) is 0 Å². The minimum Gasteiger partial charge on any atom is -0.326 e. The molecule has 0 atom stereocenters. The van der Waals surface area contributed by atoms with Gasteiger partial charge in [-0.15, -0.1) is 0 Å². The van der Waals surface area contributed by atoms with Crippen molar-refractivity contribution < 1.29 is 4.79 Å². The van der Waals surface area contributed by atoms with Crippen LogP contribution in [0.4, 0.5) is 17.3 Å². The van der Waals surface area contributed by atoms with E-state index in [-0.39, 0.29) is 5.91 Å². The molecule has 0 saturated carbocycles. The van der Waals surface area contributed by atoms with E-state index in [0.717, 1.165) is 28.2 Å². The van der Waals surface area contributed by atoms with Crippen molar-refractivity contribution in [3.63, 3.8) is 0 Å². The van der Waals surface area contributed by atoms with Crippen LogP contribution in [-0.2, 0) is 11.2 Å². The highest BCUT2D eigenvalue weighted by atomic mass is 16.1. The van der Waals surface area contributed by atoms with E-state index in [1.54, 1.807) is 6.20 Å². The lowest BCUT2D eigenvalue weighted by atomic mass is 10.0. The van der Waals surface area contributed by atoms with Crippen molar-refractivity contribution in [1.29, 1.82) is 0 Å². The van der Waals surface area contributed by atoms with Gasteiger partial charge in [-0.05, 0) is 29.8 Å². The maximum absolute atomic E-state index is 11.6. The summed E-state index contributed by atoms with van der Waals surface area (Å²) >= 11 is 0. The molecule has 2 N–H and O–H groups in total. The second-order valence-corrected chi connectivity index (χ2v) is 5.31. The SMILES string of the molecule is O=C1Cc2c(cccc2-c2ccnc(Nc3ccccc3)n2)N1. The van der Waals surface area contributed by atoms with Crippen LogP contribution in [-0.4, -0.2) is 15.9 Å². The predicted octanol–water partition coefficient (Wildman–Crippen LogP) is 3.38. The van der Waals surface area contributed by atoms with Crippen molar-refractivity contribution >= 4 is 23.2 Å². The molecule has 2 aromatic carbocycles. The number of hydrogen-bond donors (Lipinski definition) is 2. The van der Waals surface area contributed by atoms with Crippen molar-refractivity contribution in [3.8, 4) is 11.3 Å². The van der Waals surface area contributed by atoms with Crippen molar-refractivity contribution in [2.24, 2.45) is 0 Å². The standard InChI is InChI=1S/C18H14N4O/c23-17-11-14-13(7-4-8-15(14)21-17)16-9-10-19-18(22-16)20-12-5-2-1-3-6-12/h1-10H,11H2,(H,21,23)(H,19,20,22). The third-order valence-electron chi connectivity index (χ3n) is 3.75. The maximum Gasteiger partial charge on any atom is 0.228 e. The summed E-state index contributed by atoms with van der Waals surface area (Å²) in [6, 6.07) is 17.4. The number of carbonyl (C=O) groups excluding carboxylic acids is 1. The Hall–Kier alpha value is -3.21. The summed E-state index contributed by atoms with van der Waals surface area (Å²) in [5.41, 5.74) is 4.54. The second-order valence-electron chi connectivity index (χ2n) is 5.31. The number of nitrogens with zero attached hydrogens (tertiary/aromatic N) is 2. The Kier molecular flexibility index (Phi) is 3.24. The molecule has 3 aromatic rings. The summed E-state index contributed by atoms with van der Waals surface area (Å²) in [7, 11) is 0. The van der Waals surface area contributed by atoms with E-state index in [2.05, 4.69) is 20.6 Å². The molecule has 5 heteroatoms. The highest BCUT2D eigenvalue weighted by Gasteiger charge is 2.21. The number of nitrogens with one attached hydrogen (secondary N) is 2. The molecule has 0 radical (unpaired) electrons. The fraction of sp³-hybridized carbons (Fsp3) is 0.0556. The summed E-state index contributed by atoms with van der Waals surface area (Å²) in [6.07, 6.45) is 2.11. The lowest BCUT2D eigenvalue weighted by Gasteiger charge is -2.09. The Morgan fingerprint density at radius 3 is 2.74 bits per heavy atom. The third kappa shape index (κ3) is 2.64. The minimum atomic E-state index is 0.0177. The first-order valence-corrected chi connectivity index (χ1v) is 7.37. The number of benzene rings is 2. The minimum absolute atomic E-state index is 0.0177. The van der Waals surface area contributed by atoms with E-state index in [4.69, 9.17) is 0 Å². The van der Waals surface area contributed by atoms with Crippen molar-refractivity contribution in [2.75, 3.05) is 10.6 Å². The molecular weight excluding hydrogens is 288 g/mol. The van der Waals surface area contributed by atoms with Crippen LogP contribution < -0.4 is 10.6 Å². The second kappa shape index (κ2) is 5.53. The number of anilines is 3. The molecule has 112 valence electrons. The normalized spacial score (nSPS) is 12.6. The van der Waals surface area contributed by atoms with E-state index in [1.807, 2.05) is 54.6 Å². The molecule has 0 spiro atoms. The molecule has 1 aliphatic rings. The van der Waals surface area contributed by atoms with Crippen molar-refractivity contribution in [1.82, 2.24) is 9.97 Å². The Bertz CT molecular complexity index is 877. The first-order valence-electron chi connectivity index (χ1n) is 7.37. The van der Waals surface area contributed by atoms with Gasteiger partial charge in [0.15, 0.2) is 0 Å². The lowest BCUT2D eigenvalue weighted by molar-refractivity contribution is -0.115. The molecule has 0 aliphatic carbocycles. The zero-order chi connectivity index (χ0) is 15.6. The first kappa shape index (κ1) is 13.5. The molecule has 4 rings (SSSR count). The zero-order valence-corrected chi connectivity index (χ0v) is 12.3. The number of amides is 1. The molecule has 5 nitrogen and oxygen atoms in total. The summed E-state index contributed by atoms with van der Waals surface area (Å²) in [6.45, 7) is 0. The van der Waals surface area contributed by atoms with Crippen LogP contribution in [0, 0.1) is 0 Å². The van der Waals surface area contributed by atoms with E-state index in [1.165, 1.54) is 0 Å². The van der Waals surface area contributed by atoms with E-state index >= 15 is 0 Å². The van der Waals surface area contributed by atoms with Crippen molar-refractivity contribution in [2.45, 2.75) is 6.42 Å². The Balaban J connectivity index is 1.70. The molecule has 1 aliphatic heterocycles. The van der Waals surface area contributed by atoms with Gasteiger partial charge in [0.2, 0.25) is 11.9 Å². The van der Waals surface area contributed by atoms with Crippen LogP contribution in [0.3, 0.4) is 0 Å². The van der Waals surface area contributed by atoms with Gasteiger partial charge in [-0.25, -0.2) is 9.97 Å². The zero-order valence-electron chi connectivity index (χ0n) is 12.3. The van der Waals surface area contributed by atoms with Crippen LogP contribution in [0.2, 0.25) is 0 Å². The van der Waals surface area contributed by atoms with Gasteiger partial charge < -0.3 is 10.6 Å². The van der Waals surface area contributed by atoms with Gasteiger partial charge in [-0.2, -0.15) is 0 Å². The molecular formula is C18H14N4O. The van der Waals surface area contributed by atoms with Gasteiger partial charge in [-0.3, -0.25) is 4.79 Å². The topological polar surface area (TPSA) is 66.9 Å². The lowest BCUT2D eigenvalue weighted by Crippen LogP contribution is -2.03. The highest BCUT2D eigenvalue weighted by Crippen LogP contribution is 2.32. The predicted molar refractivity (Wildman–Crippen MR) is 89.5 cm³/mol. The molecule has 0 bridgehead atoms. The van der Waals surface area contributed by atoms with Gasteiger partial charge in [-0.1, -0.05) is 30.3 Å². The molecule has 0 saturated heterocycles. The summed E-state index contributed by atoms with van der Waals surface area (Å²) < 4.78 is 0. The third-order valence-corrected chi connectivity index (χ3v) is 3.75. The van der Waals surface area contributed by atoms with Gasteiger partial charge in [0, 0.05) is 23.1 Å². The first-order chi connectivity index (χ1) is 11.3. The highest BCUT2D eigenvalue weighted by molar-refractivity contribution is 6.01. The largest absolute Gasteiger partial charge is 0.326 e. The van der Waals surface area contributed by atoms with Crippen LogP contribution in [0.1, 0.15) is 5.56 Å². The molecule has 1 amide bonds. The number of rotatable bonds is 3. The summed E-state index contributed by atoms with van der Waals surface area (Å²) in [5.74, 6) is 0.549. The van der Waals surface area contributed by atoms with Crippen molar-refractivity contribution in [3.05, 3.63) is 66.4 Å². The van der Waals surface area contributed by atoms with Gasteiger partial charge in [0.05, 0.1) is 12.1 Å². The average molecular weight is 302 g/mol. The number of para-hydroxylation sites is 1. The number of fused-ring (bicyclic) bond motifs is 1. The van der Waals surface area contributed by atoms with Gasteiger partial charge >= 0.3 is 0 Å². The fourth-order valence-corrected chi connectivity index (χ4v) is 2.71. The smallest absolute Gasteiger partial charge is 0.228 e. The molecule has 0 unspecified atom stereocenters. The van der Waals surface area contributed by atoms with E-state index in [9.17, 15) is 4.79 Å². The Morgan fingerprint density at radius 1 is 1.00 bits per heavy atom. The monoisotopic (exact) mass is 302 g/mol. The molecule has 23 heavy (non-hydrogen) atoms. The summed E-state index contributed by atoms with van der Waals surface area (Å²) in [5, 5.41) is 6.05. The molecule has 2 heterocycles. The van der Waals surface area contributed by atoms with E-state index in [0.29, 0.717) is 12.4 Å². The average Bonchev–Trinajstić information content (AvgIpc) is 2.96. The van der Waals surface area contributed by atoms with Crippen LogP contribution in [0.15, 0.2) is 60.8 Å². The Morgan fingerprint density at radius 2 is 1.87 bits per heavy atom. The molecule has 1 aromatic heterocycles. The van der Waals surface area contributed by atoms with Crippen LogP contribution >= 0.6 is 0 Å². The quantitative estimate of drug-likeness (QED) is 0.778. The van der Waals surface area contributed by atoms with Gasteiger partial charge in [0.1, 0.15) is 0 Å². The van der Waals surface area contributed by atoms with Crippen LogP contribution in [0.5, 0.6) is 0 Å². The summed E-state index contributed by atoms with van der Waals surface area (Å²) in [4.78, 5) is 20.5.